The van der Waals surface area contributed by atoms with E-state index >= 15 is 0 Å². The van der Waals surface area contributed by atoms with E-state index in [4.69, 9.17) is 9.84 Å². The number of carbonyl (C=O) groups excluding carboxylic acids is 2. The number of rotatable bonds is 4. The summed E-state index contributed by atoms with van der Waals surface area (Å²) < 4.78 is 5.10. The fraction of sp³-hybridized carbons (Fsp3) is 0.250. The number of imide groups is 1. The maximum Gasteiger partial charge on any atom is 0.305 e. The summed E-state index contributed by atoms with van der Waals surface area (Å²) in [6.07, 6.45) is -0.374. The van der Waals surface area contributed by atoms with Crippen LogP contribution in [0.3, 0.4) is 0 Å². The van der Waals surface area contributed by atoms with Crippen LogP contribution in [0.15, 0.2) is 24.3 Å². The van der Waals surface area contributed by atoms with Crippen LogP contribution in [0.4, 0.5) is 10.5 Å². The number of thioether (sulfide) groups is 1. The van der Waals surface area contributed by atoms with Crippen LogP contribution in [-0.2, 0) is 9.59 Å². The Morgan fingerprint density at radius 1 is 1.42 bits per heavy atom. The highest BCUT2D eigenvalue weighted by atomic mass is 32.2. The number of para-hydroxylation sites is 2. The maximum absolute atomic E-state index is 12.1. The fourth-order valence-corrected chi connectivity index (χ4v) is 2.75. The third-order valence-electron chi connectivity index (χ3n) is 2.61. The first-order chi connectivity index (χ1) is 9.04. The Labute approximate surface area is 113 Å². The van der Waals surface area contributed by atoms with Crippen molar-refractivity contribution in [2.24, 2.45) is 0 Å². The number of aliphatic carboxylic acids is 1. The fourth-order valence-electron chi connectivity index (χ4n) is 1.78. The minimum absolute atomic E-state index is 0.334. The molecule has 6 nitrogen and oxygen atoms in total. The Balaban J connectivity index is 2.32. The first-order valence-corrected chi connectivity index (χ1v) is 6.32. The zero-order valence-electron chi connectivity index (χ0n) is 10.0. The van der Waals surface area contributed by atoms with Gasteiger partial charge >= 0.3 is 5.97 Å². The molecule has 19 heavy (non-hydrogen) atoms. The number of hydrogen-bond acceptors (Lipinski definition) is 5. The second kappa shape index (κ2) is 5.31. The normalized spacial score (nSPS) is 18.8. The predicted molar refractivity (Wildman–Crippen MR) is 69.5 cm³/mol. The first-order valence-electron chi connectivity index (χ1n) is 5.44. The number of ether oxygens (including phenoxy) is 1. The van der Waals surface area contributed by atoms with Crippen LogP contribution in [-0.4, -0.2) is 34.6 Å². The molecule has 100 valence electrons. The van der Waals surface area contributed by atoms with Gasteiger partial charge in [-0.25, -0.2) is 4.90 Å². The highest BCUT2D eigenvalue weighted by molar-refractivity contribution is 8.15. The van der Waals surface area contributed by atoms with E-state index in [0.29, 0.717) is 11.4 Å². The van der Waals surface area contributed by atoms with E-state index in [9.17, 15) is 14.4 Å². The van der Waals surface area contributed by atoms with Gasteiger partial charge in [0.15, 0.2) is 0 Å². The number of benzene rings is 1. The van der Waals surface area contributed by atoms with Crippen LogP contribution in [0.25, 0.3) is 0 Å². The summed E-state index contributed by atoms with van der Waals surface area (Å²) in [4.78, 5) is 35.6. The summed E-state index contributed by atoms with van der Waals surface area (Å²) in [6, 6.07) is 6.60. The second-order valence-corrected chi connectivity index (χ2v) is 4.97. The molecular formula is C12H11NO5S. The number of hydrogen-bond donors (Lipinski definition) is 1. The van der Waals surface area contributed by atoms with E-state index in [0.717, 1.165) is 16.7 Å². The Kier molecular flexibility index (Phi) is 3.75. The Bertz CT molecular complexity index is 545. The molecule has 2 rings (SSSR count). The SMILES string of the molecule is COc1ccccc1N1C(=O)S[C@H](CC(=O)O)C1=O. The van der Waals surface area contributed by atoms with Crippen molar-refractivity contribution in [3.05, 3.63) is 24.3 Å². The number of carboxylic acid groups (broad SMARTS) is 1. The van der Waals surface area contributed by atoms with Crippen LogP contribution in [0, 0.1) is 0 Å². The van der Waals surface area contributed by atoms with Gasteiger partial charge in [-0.05, 0) is 23.9 Å². The molecule has 0 aliphatic carbocycles. The molecule has 1 aromatic carbocycles. The van der Waals surface area contributed by atoms with E-state index in [1.807, 2.05) is 0 Å². The molecule has 1 N–H and O–H groups in total. The Hall–Kier alpha value is -2.02. The van der Waals surface area contributed by atoms with Crippen molar-refractivity contribution < 1.29 is 24.2 Å². The van der Waals surface area contributed by atoms with Crippen LogP contribution in [0.2, 0.25) is 0 Å². The van der Waals surface area contributed by atoms with Gasteiger partial charge in [-0.15, -0.1) is 0 Å². The summed E-state index contributed by atoms with van der Waals surface area (Å²) >= 11 is 0.725. The topological polar surface area (TPSA) is 83.9 Å². The number of carboxylic acids is 1. The van der Waals surface area contributed by atoms with Crippen molar-refractivity contribution in [2.45, 2.75) is 11.7 Å². The van der Waals surface area contributed by atoms with E-state index in [1.54, 1.807) is 24.3 Å². The first kappa shape index (κ1) is 13.4. The van der Waals surface area contributed by atoms with Crippen molar-refractivity contribution in [3.63, 3.8) is 0 Å². The van der Waals surface area contributed by atoms with Gasteiger partial charge in [0.05, 0.1) is 19.2 Å². The third kappa shape index (κ3) is 2.55. The van der Waals surface area contributed by atoms with E-state index in [-0.39, 0.29) is 6.42 Å². The molecule has 7 heteroatoms. The number of anilines is 1. The van der Waals surface area contributed by atoms with Crippen LogP contribution in [0.5, 0.6) is 5.75 Å². The number of nitrogens with zero attached hydrogens (tertiary/aromatic N) is 1. The lowest BCUT2D eigenvalue weighted by Gasteiger charge is -2.16. The zero-order valence-corrected chi connectivity index (χ0v) is 10.8. The summed E-state index contributed by atoms with van der Waals surface area (Å²) in [5.74, 6) is -1.25. The molecule has 0 saturated carbocycles. The van der Waals surface area contributed by atoms with Gasteiger partial charge in [0.2, 0.25) is 5.91 Å². The van der Waals surface area contributed by atoms with Gasteiger partial charge in [0.25, 0.3) is 5.24 Å². The molecule has 1 aliphatic rings. The average Bonchev–Trinajstić information content (AvgIpc) is 2.64. The average molecular weight is 281 g/mol. The lowest BCUT2D eigenvalue weighted by molar-refractivity contribution is -0.138. The molecule has 1 fully saturated rings. The number of methoxy groups -OCH3 is 1. The molecule has 0 spiro atoms. The number of carbonyl (C=O) groups is 3. The summed E-state index contributed by atoms with van der Waals surface area (Å²) in [5.41, 5.74) is 0.334. The maximum atomic E-state index is 12.1. The number of amides is 2. The highest BCUT2D eigenvalue weighted by Gasteiger charge is 2.42. The molecule has 0 unspecified atom stereocenters. The van der Waals surface area contributed by atoms with E-state index in [1.165, 1.54) is 7.11 Å². The van der Waals surface area contributed by atoms with E-state index < -0.39 is 22.4 Å². The molecule has 0 radical (unpaired) electrons. The minimum Gasteiger partial charge on any atom is -0.495 e. The highest BCUT2D eigenvalue weighted by Crippen LogP contribution is 2.37. The van der Waals surface area contributed by atoms with Gasteiger partial charge in [-0.1, -0.05) is 12.1 Å². The lowest BCUT2D eigenvalue weighted by atomic mass is 10.2. The van der Waals surface area contributed by atoms with Crippen LogP contribution < -0.4 is 9.64 Å². The summed E-state index contributed by atoms with van der Waals surface area (Å²) in [7, 11) is 1.44. The van der Waals surface area contributed by atoms with Gasteiger partial charge in [0, 0.05) is 0 Å². The van der Waals surface area contributed by atoms with Gasteiger partial charge in [0.1, 0.15) is 11.0 Å². The summed E-state index contributed by atoms with van der Waals surface area (Å²) in [6.45, 7) is 0. The second-order valence-electron chi connectivity index (χ2n) is 3.82. The zero-order chi connectivity index (χ0) is 14.0. The third-order valence-corrected chi connectivity index (χ3v) is 3.64. The molecule has 0 aromatic heterocycles. The van der Waals surface area contributed by atoms with Gasteiger partial charge < -0.3 is 9.84 Å². The standard InChI is InChI=1S/C12H11NO5S/c1-18-8-5-3-2-4-7(8)13-11(16)9(6-10(14)15)19-12(13)17/h2-5,9H,6H2,1H3,(H,14,15)/t9-/m1/s1. The smallest absolute Gasteiger partial charge is 0.305 e. The van der Waals surface area contributed by atoms with Crippen molar-refractivity contribution in [1.82, 2.24) is 0 Å². The van der Waals surface area contributed by atoms with Gasteiger partial charge in [-0.2, -0.15) is 0 Å². The van der Waals surface area contributed by atoms with Crippen LogP contribution >= 0.6 is 11.8 Å². The van der Waals surface area contributed by atoms with Crippen molar-refractivity contribution in [1.29, 1.82) is 0 Å². The molecule has 1 aliphatic heterocycles. The largest absolute Gasteiger partial charge is 0.495 e. The molecule has 0 bridgehead atoms. The monoisotopic (exact) mass is 281 g/mol. The molecule has 1 heterocycles. The molecule has 1 atom stereocenters. The predicted octanol–water partition coefficient (Wildman–Crippen LogP) is 1.74. The quantitative estimate of drug-likeness (QED) is 0.905. The van der Waals surface area contributed by atoms with Crippen molar-refractivity contribution in [3.8, 4) is 5.75 Å². The van der Waals surface area contributed by atoms with Crippen molar-refractivity contribution in [2.75, 3.05) is 12.0 Å². The molecule has 1 saturated heterocycles. The molecule has 1 aromatic rings. The van der Waals surface area contributed by atoms with Gasteiger partial charge in [-0.3, -0.25) is 14.4 Å². The van der Waals surface area contributed by atoms with E-state index in [2.05, 4.69) is 0 Å². The lowest BCUT2D eigenvalue weighted by Crippen LogP contribution is -2.32. The molecule has 2 amide bonds. The summed E-state index contributed by atoms with van der Waals surface area (Å²) in [5, 5.41) is 7.35. The minimum atomic E-state index is -1.11. The molecular weight excluding hydrogens is 270 g/mol. The van der Waals surface area contributed by atoms with Crippen LogP contribution in [0.1, 0.15) is 6.42 Å². The Morgan fingerprint density at radius 3 is 2.74 bits per heavy atom. The Morgan fingerprint density at radius 2 is 2.11 bits per heavy atom. The van der Waals surface area contributed by atoms with Crippen molar-refractivity contribution >= 4 is 34.6 Å².